The van der Waals surface area contributed by atoms with Crippen molar-refractivity contribution in [2.24, 2.45) is 22.7 Å². The lowest BCUT2D eigenvalue weighted by atomic mass is 9.75. The van der Waals surface area contributed by atoms with Crippen molar-refractivity contribution in [1.82, 2.24) is 0 Å². The Morgan fingerprint density at radius 2 is 1.25 bits per heavy atom. The summed E-state index contributed by atoms with van der Waals surface area (Å²) in [5.41, 5.74) is 2.37. The number of rotatable bonds is 2. The Balaban J connectivity index is 2.36. The van der Waals surface area contributed by atoms with Crippen LogP contribution in [0.4, 0.5) is 0 Å². The third-order valence-electron chi connectivity index (χ3n) is 4.99. The molecule has 0 aromatic heterocycles. The van der Waals surface area contributed by atoms with Crippen molar-refractivity contribution in [1.29, 1.82) is 0 Å². The van der Waals surface area contributed by atoms with E-state index >= 15 is 0 Å². The van der Waals surface area contributed by atoms with Crippen LogP contribution >= 0.6 is 0 Å². The van der Waals surface area contributed by atoms with E-state index in [9.17, 15) is 0 Å². The molecular weight excluding hydrogens is 240 g/mol. The van der Waals surface area contributed by atoms with Crippen LogP contribution in [0.5, 0.6) is 0 Å². The quantitative estimate of drug-likeness (QED) is 0.589. The molecule has 1 aliphatic carbocycles. The van der Waals surface area contributed by atoms with Crippen LogP contribution in [-0.4, -0.2) is 0 Å². The van der Waals surface area contributed by atoms with Gasteiger partial charge in [0.25, 0.3) is 0 Å². The van der Waals surface area contributed by atoms with E-state index in [0.29, 0.717) is 16.7 Å². The van der Waals surface area contributed by atoms with E-state index in [-0.39, 0.29) is 5.41 Å². The molecule has 0 amide bonds. The van der Waals surface area contributed by atoms with Crippen molar-refractivity contribution in [2.45, 2.75) is 60.8 Å². The fraction of sp³-hybridized carbons (Fsp3) is 0.650. The summed E-state index contributed by atoms with van der Waals surface area (Å²) in [6.07, 6.45) is 0. The van der Waals surface area contributed by atoms with E-state index in [0.717, 1.165) is 5.92 Å². The van der Waals surface area contributed by atoms with Gasteiger partial charge in [-0.15, -0.1) is 0 Å². The van der Waals surface area contributed by atoms with Gasteiger partial charge < -0.3 is 0 Å². The molecule has 0 heteroatoms. The largest absolute Gasteiger partial charge is 0.154 e. The van der Waals surface area contributed by atoms with Crippen LogP contribution in [0, 0.1) is 28.6 Å². The Bertz CT molecular complexity index is 433. The smallest absolute Gasteiger partial charge is 0.0622 e. The average Bonchev–Trinajstić information content (AvgIpc) is 3.05. The minimum Gasteiger partial charge on any atom is -0.0622 e. The first kappa shape index (κ1) is 15.5. The third kappa shape index (κ3) is 2.62. The lowest BCUT2D eigenvalue weighted by Crippen LogP contribution is -2.24. The van der Waals surface area contributed by atoms with Gasteiger partial charge in [-0.25, -0.2) is 0 Å². The molecule has 1 aliphatic rings. The summed E-state index contributed by atoms with van der Waals surface area (Å²) in [5, 5.41) is 0. The molecule has 2 atom stereocenters. The summed E-state index contributed by atoms with van der Waals surface area (Å²) in [6, 6.07) is 11.0. The first-order chi connectivity index (χ1) is 8.97. The molecule has 0 heterocycles. The maximum absolute atomic E-state index is 2.42. The Labute approximate surface area is 126 Å². The molecular formula is C20H31+. The van der Waals surface area contributed by atoms with Crippen LogP contribution in [0.2, 0.25) is 0 Å². The first-order valence-electron chi connectivity index (χ1n) is 7.90. The van der Waals surface area contributed by atoms with Crippen LogP contribution in [0.3, 0.4) is 0 Å². The minimum absolute atomic E-state index is 0.224. The molecule has 2 unspecified atom stereocenters. The zero-order valence-corrected chi connectivity index (χ0v) is 14.5. The van der Waals surface area contributed by atoms with Crippen molar-refractivity contribution in [2.75, 3.05) is 0 Å². The maximum Gasteiger partial charge on any atom is 0.154 e. The molecule has 0 nitrogen and oxygen atoms in total. The lowest BCUT2D eigenvalue weighted by Gasteiger charge is -2.23. The van der Waals surface area contributed by atoms with E-state index in [1.807, 2.05) is 0 Å². The van der Waals surface area contributed by atoms with E-state index in [1.54, 1.807) is 5.92 Å². The van der Waals surface area contributed by atoms with Crippen LogP contribution < -0.4 is 0 Å². The van der Waals surface area contributed by atoms with E-state index in [4.69, 9.17) is 0 Å². The van der Waals surface area contributed by atoms with Crippen molar-refractivity contribution in [3.05, 3.63) is 41.8 Å². The van der Waals surface area contributed by atoms with Gasteiger partial charge in [0.05, 0.1) is 0 Å². The zero-order valence-electron chi connectivity index (χ0n) is 14.5. The van der Waals surface area contributed by atoms with Gasteiger partial charge in [-0.3, -0.25) is 0 Å². The molecule has 1 saturated carbocycles. The summed E-state index contributed by atoms with van der Waals surface area (Å²) in [5.74, 6) is 3.20. The monoisotopic (exact) mass is 271 g/mol. The molecule has 1 fully saturated rings. The van der Waals surface area contributed by atoms with Gasteiger partial charge in [0.1, 0.15) is 17.3 Å². The van der Waals surface area contributed by atoms with Crippen molar-refractivity contribution in [3.63, 3.8) is 0 Å². The summed E-state index contributed by atoms with van der Waals surface area (Å²) in [4.78, 5) is 0. The highest BCUT2D eigenvalue weighted by Gasteiger charge is 2.77. The van der Waals surface area contributed by atoms with Crippen LogP contribution in [0.15, 0.2) is 30.3 Å². The lowest BCUT2D eigenvalue weighted by molar-refractivity contribution is 0.289. The predicted molar refractivity (Wildman–Crippen MR) is 88.6 cm³/mol. The van der Waals surface area contributed by atoms with Crippen molar-refractivity contribution >= 4 is 0 Å². The summed E-state index contributed by atoms with van der Waals surface area (Å²) < 4.78 is 0. The predicted octanol–water partition coefficient (Wildman–Crippen LogP) is 5.88. The summed E-state index contributed by atoms with van der Waals surface area (Å²) >= 11 is 0. The molecule has 0 radical (unpaired) electrons. The molecule has 110 valence electrons. The number of hydrogen-bond donors (Lipinski definition) is 0. The van der Waals surface area contributed by atoms with Gasteiger partial charge in [-0.1, -0.05) is 65.0 Å². The molecule has 0 aliphatic heterocycles. The third-order valence-corrected chi connectivity index (χ3v) is 4.99. The second kappa shape index (κ2) is 4.55. The van der Waals surface area contributed by atoms with Crippen molar-refractivity contribution in [3.8, 4) is 0 Å². The standard InChI is InChI=1S/C20H31/c1-18(2,3)15-16(19(4,5)6)17(15)20(7,8)14-12-10-9-11-13-14/h9-13,15,17H,1-8H3/q+1. The van der Waals surface area contributed by atoms with Crippen LogP contribution in [0.1, 0.15) is 61.0 Å². The molecule has 0 N–H and O–H groups in total. The van der Waals surface area contributed by atoms with Gasteiger partial charge in [0.2, 0.25) is 0 Å². The Kier molecular flexibility index (Phi) is 3.52. The average molecular weight is 271 g/mol. The normalized spacial score (nSPS) is 23.9. The molecule has 0 bridgehead atoms. The van der Waals surface area contributed by atoms with E-state index in [1.165, 1.54) is 5.56 Å². The van der Waals surface area contributed by atoms with Crippen LogP contribution in [0.25, 0.3) is 0 Å². The van der Waals surface area contributed by atoms with Gasteiger partial charge >= 0.3 is 0 Å². The number of benzene rings is 1. The Morgan fingerprint density at radius 1 is 0.750 bits per heavy atom. The Morgan fingerprint density at radius 3 is 1.60 bits per heavy atom. The van der Waals surface area contributed by atoms with Crippen LogP contribution in [-0.2, 0) is 5.41 Å². The first-order valence-corrected chi connectivity index (χ1v) is 7.90. The minimum atomic E-state index is 0.224. The van der Waals surface area contributed by atoms with Gasteiger partial charge in [0.15, 0.2) is 5.92 Å². The highest BCUT2D eigenvalue weighted by atomic mass is 14.7. The van der Waals surface area contributed by atoms with Crippen molar-refractivity contribution < 1.29 is 0 Å². The fourth-order valence-corrected chi connectivity index (χ4v) is 4.02. The fourth-order valence-electron chi connectivity index (χ4n) is 4.02. The second-order valence-corrected chi connectivity index (χ2v) is 9.11. The molecule has 20 heavy (non-hydrogen) atoms. The van der Waals surface area contributed by atoms with Gasteiger partial charge in [-0.05, 0) is 26.3 Å². The highest BCUT2D eigenvalue weighted by molar-refractivity contribution is 5.39. The van der Waals surface area contributed by atoms with Gasteiger partial charge in [0, 0.05) is 10.8 Å². The molecule has 0 saturated heterocycles. The topological polar surface area (TPSA) is 0 Å². The number of hydrogen-bond acceptors (Lipinski definition) is 0. The molecule has 1 aromatic rings. The van der Waals surface area contributed by atoms with E-state index in [2.05, 4.69) is 85.7 Å². The highest BCUT2D eigenvalue weighted by Crippen LogP contribution is 2.70. The van der Waals surface area contributed by atoms with Gasteiger partial charge in [-0.2, -0.15) is 0 Å². The SMILES string of the molecule is CC(C)(C)[C+]1C(C(C)(C)C)C1C(C)(C)c1ccccc1. The summed E-state index contributed by atoms with van der Waals surface area (Å²) in [7, 11) is 0. The van der Waals surface area contributed by atoms with E-state index < -0.39 is 0 Å². The Hall–Kier alpha value is -0.910. The molecule has 2 rings (SSSR count). The molecule has 0 spiro atoms. The second-order valence-electron chi connectivity index (χ2n) is 9.11. The molecule has 1 aromatic carbocycles. The maximum atomic E-state index is 2.42. The summed E-state index contributed by atoms with van der Waals surface area (Å²) in [6.45, 7) is 19.2. The zero-order chi connectivity index (χ0) is 15.3.